The normalized spacial score (nSPS) is 18.4. The minimum atomic E-state index is 0. The summed E-state index contributed by atoms with van der Waals surface area (Å²) in [6.45, 7) is 8.88. The van der Waals surface area contributed by atoms with Gasteiger partial charge in [0.15, 0.2) is 0 Å². The lowest BCUT2D eigenvalue weighted by Crippen LogP contribution is -2.48. The Labute approximate surface area is 179 Å². The molecule has 3 heterocycles. The van der Waals surface area contributed by atoms with E-state index in [0.29, 0.717) is 5.91 Å². The lowest BCUT2D eigenvalue weighted by molar-refractivity contribution is -0.133. The summed E-state index contributed by atoms with van der Waals surface area (Å²) in [5.74, 6) is 1.10. The summed E-state index contributed by atoms with van der Waals surface area (Å²) < 4.78 is 0. The number of piperidine rings is 1. The molecular formula is C17H31Cl3N4OS. The number of hydrogen-bond acceptors (Lipinski definition) is 5. The first kappa shape index (κ1) is 25.9. The molecule has 0 saturated carbocycles. The lowest BCUT2D eigenvalue weighted by atomic mass is 9.93. The maximum Gasteiger partial charge on any atom is 0.222 e. The predicted octanol–water partition coefficient (Wildman–Crippen LogP) is 3.14. The first-order valence-electron chi connectivity index (χ1n) is 8.82. The number of rotatable bonds is 5. The van der Waals surface area contributed by atoms with Crippen LogP contribution in [-0.2, 0) is 11.3 Å². The van der Waals surface area contributed by atoms with E-state index in [-0.39, 0.29) is 37.2 Å². The molecule has 0 bridgehead atoms. The molecule has 9 heteroatoms. The third-order valence-electron chi connectivity index (χ3n) is 5.00. The number of aromatic nitrogens is 1. The Kier molecular flexibility index (Phi) is 13.1. The van der Waals surface area contributed by atoms with Gasteiger partial charge in [0.05, 0.1) is 10.7 Å². The second kappa shape index (κ2) is 13.1. The smallest absolute Gasteiger partial charge is 0.222 e. The molecule has 2 saturated heterocycles. The number of carbonyl (C=O) groups excluding carboxylic acids is 1. The Balaban J connectivity index is 0.00000208. The molecule has 1 aromatic heterocycles. The lowest BCUT2D eigenvalue weighted by Gasteiger charge is -2.34. The van der Waals surface area contributed by atoms with Crippen molar-refractivity contribution in [1.29, 1.82) is 0 Å². The molecule has 2 aliphatic rings. The largest absolute Gasteiger partial charge is 0.340 e. The molecule has 0 radical (unpaired) electrons. The van der Waals surface area contributed by atoms with Gasteiger partial charge in [0.1, 0.15) is 0 Å². The van der Waals surface area contributed by atoms with Gasteiger partial charge in [-0.1, -0.05) is 0 Å². The van der Waals surface area contributed by atoms with Crippen molar-refractivity contribution in [2.24, 2.45) is 5.92 Å². The third kappa shape index (κ3) is 7.87. The van der Waals surface area contributed by atoms with Crippen molar-refractivity contribution < 1.29 is 4.79 Å². The van der Waals surface area contributed by atoms with E-state index < -0.39 is 0 Å². The second-order valence-electron chi connectivity index (χ2n) is 6.75. The van der Waals surface area contributed by atoms with Crippen molar-refractivity contribution in [1.82, 2.24) is 20.1 Å². The first-order chi connectivity index (χ1) is 11.2. The number of carbonyl (C=O) groups is 1. The summed E-state index contributed by atoms with van der Waals surface area (Å²) in [4.78, 5) is 21.4. The fourth-order valence-electron chi connectivity index (χ4n) is 3.52. The van der Waals surface area contributed by atoms with Gasteiger partial charge in [0, 0.05) is 44.5 Å². The van der Waals surface area contributed by atoms with Gasteiger partial charge in [-0.05, 0) is 45.2 Å². The number of halogens is 3. The number of thiazole rings is 1. The van der Waals surface area contributed by atoms with E-state index in [1.165, 1.54) is 12.8 Å². The Morgan fingerprint density at radius 3 is 2.42 bits per heavy atom. The van der Waals surface area contributed by atoms with E-state index in [2.05, 4.69) is 25.5 Å². The van der Waals surface area contributed by atoms with E-state index in [9.17, 15) is 4.79 Å². The molecule has 2 aliphatic heterocycles. The van der Waals surface area contributed by atoms with Gasteiger partial charge >= 0.3 is 0 Å². The molecule has 1 aromatic rings. The van der Waals surface area contributed by atoms with E-state index in [0.717, 1.165) is 75.3 Å². The highest BCUT2D eigenvalue weighted by Crippen LogP contribution is 2.19. The molecule has 0 spiro atoms. The number of hydrogen-bond donors (Lipinski definition) is 1. The summed E-state index contributed by atoms with van der Waals surface area (Å²) in [5.41, 5.74) is 1.16. The van der Waals surface area contributed by atoms with Crippen LogP contribution >= 0.6 is 48.6 Å². The van der Waals surface area contributed by atoms with Gasteiger partial charge in [-0.25, -0.2) is 4.98 Å². The van der Waals surface area contributed by atoms with Crippen molar-refractivity contribution >= 4 is 54.5 Å². The number of amides is 1. The molecular weight excluding hydrogens is 415 g/mol. The number of nitrogens with zero attached hydrogens (tertiary/aromatic N) is 3. The van der Waals surface area contributed by atoms with Crippen LogP contribution in [0.2, 0.25) is 0 Å². The van der Waals surface area contributed by atoms with Crippen LogP contribution in [0.5, 0.6) is 0 Å². The van der Waals surface area contributed by atoms with Crippen LogP contribution in [0.15, 0.2) is 5.38 Å². The van der Waals surface area contributed by atoms with Gasteiger partial charge in [0.25, 0.3) is 0 Å². The zero-order valence-electron chi connectivity index (χ0n) is 15.3. The Bertz CT molecular complexity index is 518. The molecule has 2 fully saturated rings. The van der Waals surface area contributed by atoms with Crippen LogP contribution in [0.25, 0.3) is 0 Å². The number of nitrogens with one attached hydrogen (secondary N) is 1. The van der Waals surface area contributed by atoms with E-state index in [1.54, 1.807) is 11.3 Å². The molecule has 0 aromatic carbocycles. The van der Waals surface area contributed by atoms with Gasteiger partial charge in [-0.15, -0.1) is 48.6 Å². The molecule has 5 nitrogen and oxygen atoms in total. The maximum absolute atomic E-state index is 12.4. The SMILES string of the molecule is Cc1nc(CN2CCN(C(=O)CCC3CCNCC3)CC2)cs1.Cl.Cl.Cl. The molecule has 0 atom stereocenters. The molecule has 152 valence electrons. The summed E-state index contributed by atoms with van der Waals surface area (Å²) in [7, 11) is 0. The van der Waals surface area contributed by atoms with Gasteiger partial charge < -0.3 is 10.2 Å². The highest BCUT2D eigenvalue weighted by Gasteiger charge is 2.22. The topological polar surface area (TPSA) is 48.5 Å². The third-order valence-corrected chi connectivity index (χ3v) is 5.82. The van der Waals surface area contributed by atoms with Gasteiger partial charge in [-0.3, -0.25) is 9.69 Å². The van der Waals surface area contributed by atoms with Crippen LogP contribution < -0.4 is 5.32 Å². The fraction of sp³-hybridized carbons (Fsp3) is 0.765. The number of piperazine rings is 1. The number of aryl methyl sites for hydroxylation is 1. The molecule has 0 unspecified atom stereocenters. The van der Waals surface area contributed by atoms with Crippen molar-refractivity contribution in [2.75, 3.05) is 39.3 Å². The summed E-state index contributed by atoms with van der Waals surface area (Å²) in [6.07, 6.45) is 4.26. The predicted molar refractivity (Wildman–Crippen MR) is 115 cm³/mol. The quantitative estimate of drug-likeness (QED) is 0.756. The van der Waals surface area contributed by atoms with Crippen molar-refractivity contribution in [3.63, 3.8) is 0 Å². The Morgan fingerprint density at radius 2 is 1.85 bits per heavy atom. The first-order valence-corrected chi connectivity index (χ1v) is 9.70. The highest BCUT2D eigenvalue weighted by atomic mass is 35.5. The van der Waals surface area contributed by atoms with E-state index in [4.69, 9.17) is 0 Å². The Morgan fingerprint density at radius 1 is 1.19 bits per heavy atom. The molecule has 1 amide bonds. The average molecular weight is 446 g/mol. The van der Waals surface area contributed by atoms with Crippen LogP contribution in [0.1, 0.15) is 36.4 Å². The van der Waals surface area contributed by atoms with E-state index in [1.807, 2.05) is 6.92 Å². The Hall–Kier alpha value is -0.110. The summed E-state index contributed by atoms with van der Waals surface area (Å²) in [5, 5.41) is 6.66. The van der Waals surface area contributed by atoms with E-state index >= 15 is 0 Å². The van der Waals surface area contributed by atoms with Gasteiger partial charge in [0.2, 0.25) is 5.91 Å². The molecule has 0 aliphatic carbocycles. The van der Waals surface area contributed by atoms with Crippen LogP contribution in [-0.4, -0.2) is 60.0 Å². The molecule has 3 rings (SSSR count). The minimum absolute atomic E-state index is 0. The molecule has 1 N–H and O–H groups in total. The van der Waals surface area contributed by atoms with Crippen molar-refractivity contribution in [3.05, 3.63) is 16.1 Å². The highest BCUT2D eigenvalue weighted by molar-refractivity contribution is 7.09. The molecule has 26 heavy (non-hydrogen) atoms. The second-order valence-corrected chi connectivity index (χ2v) is 7.81. The maximum atomic E-state index is 12.4. The standard InChI is InChI=1S/C17H28N4OS.3ClH/c1-14-19-16(13-23-14)12-20-8-10-21(11-9-20)17(22)3-2-15-4-6-18-7-5-15;;;/h13,15,18H,2-12H2,1H3;3*1H. The van der Waals surface area contributed by atoms with Crippen LogP contribution in [0, 0.1) is 12.8 Å². The van der Waals surface area contributed by atoms with Crippen molar-refractivity contribution in [3.8, 4) is 0 Å². The van der Waals surface area contributed by atoms with Gasteiger partial charge in [-0.2, -0.15) is 0 Å². The minimum Gasteiger partial charge on any atom is -0.340 e. The van der Waals surface area contributed by atoms with Crippen LogP contribution in [0.4, 0.5) is 0 Å². The monoisotopic (exact) mass is 444 g/mol. The van der Waals surface area contributed by atoms with Crippen LogP contribution in [0.3, 0.4) is 0 Å². The summed E-state index contributed by atoms with van der Waals surface area (Å²) in [6, 6.07) is 0. The zero-order chi connectivity index (χ0) is 16.1. The summed E-state index contributed by atoms with van der Waals surface area (Å²) >= 11 is 1.71. The zero-order valence-corrected chi connectivity index (χ0v) is 18.6. The fourth-order valence-corrected chi connectivity index (χ4v) is 4.13. The average Bonchev–Trinajstić information content (AvgIpc) is 2.99. The van der Waals surface area contributed by atoms with Crippen molar-refractivity contribution in [2.45, 2.75) is 39.2 Å².